The van der Waals surface area contributed by atoms with Gasteiger partial charge in [0.15, 0.2) is 0 Å². The third-order valence-corrected chi connectivity index (χ3v) is 4.99. The first-order valence-electron chi connectivity index (χ1n) is 9.33. The van der Waals surface area contributed by atoms with Crippen molar-refractivity contribution in [3.05, 3.63) is 95.6 Å². The summed E-state index contributed by atoms with van der Waals surface area (Å²) in [4.78, 5) is 35.6. The number of amides is 1. The Labute approximate surface area is 173 Å². The number of ketones is 1. The number of ether oxygens (including phenoxy) is 1. The molecule has 0 aliphatic carbocycles. The van der Waals surface area contributed by atoms with Gasteiger partial charge < -0.3 is 14.7 Å². The fourth-order valence-electron chi connectivity index (χ4n) is 3.59. The van der Waals surface area contributed by atoms with Crippen molar-refractivity contribution in [2.75, 3.05) is 7.11 Å². The zero-order valence-corrected chi connectivity index (χ0v) is 16.2. The Morgan fingerprint density at radius 2 is 1.77 bits per heavy atom. The molecule has 4 rings (SSSR count). The van der Waals surface area contributed by atoms with Gasteiger partial charge in [-0.3, -0.25) is 19.6 Å². The van der Waals surface area contributed by atoms with Crippen molar-refractivity contribution in [3.8, 4) is 5.75 Å². The summed E-state index contributed by atoms with van der Waals surface area (Å²) < 4.78 is 5.48. The standard InChI is InChI=1S/C23H19N3O4/c1-30-18-8-3-2-7-17(18)20-19(21(27)15-9-12-24-13-10-15)22(28)23(29)26(20)14-16-6-4-5-11-25-16/h2-13,20,27H,14H2,1H3/b21-19-. The highest BCUT2D eigenvalue weighted by molar-refractivity contribution is 6.46. The Balaban J connectivity index is 1.90. The molecule has 3 aromatic rings. The number of methoxy groups -OCH3 is 1. The second-order valence-electron chi connectivity index (χ2n) is 6.73. The number of para-hydroxylation sites is 1. The van der Waals surface area contributed by atoms with E-state index in [9.17, 15) is 14.7 Å². The molecule has 2 aromatic heterocycles. The van der Waals surface area contributed by atoms with Crippen molar-refractivity contribution in [1.82, 2.24) is 14.9 Å². The number of aliphatic hydroxyl groups excluding tert-OH is 1. The molecule has 1 amide bonds. The molecule has 0 bridgehead atoms. The number of benzene rings is 1. The summed E-state index contributed by atoms with van der Waals surface area (Å²) in [6.45, 7) is 0.112. The summed E-state index contributed by atoms with van der Waals surface area (Å²) in [6.07, 6.45) is 4.65. The van der Waals surface area contributed by atoms with Crippen LogP contribution in [0.25, 0.3) is 5.76 Å². The zero-order valence-electron chi connectivity index (χ0n) is 16.2. The molecule has 1 atom stereocenters. The number of carbonyl (C=O) groups is 2. The predicted molar refractivity (Wildman–Crippen MR) is 109 cm³/mol. The predicted octanol–water partition coefficient (Wildman–Crippen LogP) is 3.11. The molecular formula is C23H19N3O4. The van der Waals surface area contributed by atoms with Crippen LogP contribution in [0.1, 0.15) is 22.9 Å². The van der Waals surface area contributed by atoms with Gasteiger partial charge in [-0.25, -0.2) is 0 Å². The number of Topliss-reactive ketones (excluding diaryl/α,β-unsaturated/α-hetero) is 1. The number of hydrogen-bond acceptors (Lipinski definition) is 6. The van der Waals surface area contributed by atoms with Crippen LogP contribution in [0.2, 0.25) is 0 Å². The quantitative estimate of drug-likeness (QED) is 0.401. The first kappa shape index (κ1) is 19.3. The second kappa shape index (κ2) is 8.16. The summed E-state index contributed by atoms with van der Waals surface area (Å²) in [5.74, 6) is -1.20. The van der Waals surface area contributed by atoms with Crippen molar-refractivity contribution >= 4 is 17.4 Å². The number of carbonyl (C=O) groups excluding carboxylic acids is 2. The molecule has 1 aliphatic rings. The number of rotatable bonds is 5. The summed E-state index contributed by atoms with van der Waals surface area (Å²) in [6, 6.07) is 14.8. The molecule has 1 aromatic carbocycles. The average Bonchev–Trinajstić information content (AvgIpc) is 3.04. The molecule has 1 aliphatic heterocycles. The minimum atomic E-state index is -0.823. The monoisotopic (exact) mass is 401 g/mol. The molecule has 0 spiro atoms. The smallest absolute Gasteiger partial charge is 0.296 e. The van der Waals surface area contributed by atoms with Crippen LogP contribution in [0.3, 0.4) is 0 Å². The highest BCUT2D eigenvalue weighted by Gasteiger charge is 2.47. The molecule has 0 radical (unpaired) electrons. The lowest BCUT2D eigenvalue weighted by molar-refractivity contribution is -0.140. The molecule has 1 unspecified atom stereocenters. The fourth-order valence-corrected chi connectivity index (χ4v) is 3.59. The molecule has 3 heterocycles. The van der Waals surface area contributed by atoms with Crippen molar-refractivity contribution < 1.29 is 19.4 Å². The summed E-state index contributed by atoms with van der Waals surface area (Å²) in [5.41, 5.74) is 1.64. The first-order valence-corrected chi connectivity index (χ1v) is 9.33. The molecule has 1 N–H and O–H groups in total. The Kier molecular flexibility index (Phi) is 5.26. The van der Waals surface area contributed by atoms with Crippen LogP contribution in [-0.4, -0.2) is 38.8 Å². The van der Waals surface area contributed by atoms with Gasteiger partial charge in [0, 0.05) is 29.7 Å². The van der Waals surface area contributed by atoms with Gasteiger partial charge in [-0.05, 0) is 30.3 Å². The minimum Gasteiger partial charge on any atom is -0.507 e. The van der Waals surface area contributed by atoms with E-state index >= 15 is 0 Å². The van der Waals surface area contributed by atoms with E-state index in [4.69, 9.17) is 4.74 Å². The van der Waals surface area contributed by atoms with Crippen molar-refractivity contribution in [2.24, 2.45) is 0 Å². The van der Waals surface area contributed by atoms with E-state index in [0.29, 0.717) is 22.6 Å². The lowest BCUT2D eigenvalue weighted by atomic mass is 9.95. The molecular weight excluding hydrogens is 382 g/mol. The maximum Gasteiger partial charge on any atom is 0.296 e. The molecule has 150 valence electrons. The number of aromatic nitrogens is 2. The Bertz CT molecular complexity index is 1110. The van der Waals surface area contributed by atoms with Gasteiger partial charge in [0.1, 0.15) is 11.5 Å². The van der Waals surface area contributed by atoms with Gasteiger partial charge in [0.05, 0.1) is 31.0 Å². The van der Waals surface area contributed by atoms with Crippen LogP contribution in [0.15, 0.2) is 78.8 Å². The van der Waals surface area contributed by atoms with E-state index in [1.807, 2.05) is 6.07 Å². The van der Waals surface area contributed by atoms with Gasteiger partial charge >= 0.3 is 0 Å². The number of likely N-dealkylation sites (tertiary alicyclic amines) is 1. The van der Waals surface area contributed by atoms with Crippen LogP contribution in [0.4, 0.5) is 0 Å². The van der Waals surface area contributed by atoms with Crippen molar-refractivity contribution in [3.63, 3.8) is 0 Å². The molecule has 7 nitrogen and oxygen atoms in total. The van der Waals surface area contributed by atoms with E-state index < -0.39 is 17.7 Å². The number of aliphatic hydroxyl groups is 1. The number of pyridine rings is 2. The molecule has 1 fully saturated rings. The molecule has 0 saturated carbocycles. The fraction of sp³-hybridized carbons (Fsp3) is 0.130. The van der Waals surface area contributed by atoms with Gasteiger partial charge in [0.2, 0.25) is 0 Å². The van der Waals surface area contributed by atoms with Crippen LogP contribution in [-0.2, 0) is 16.1 Å². The Hall–Kier alpha value is -4.00. The number of hydrogen-bond donors (Lipinski definition) is 1. The maximum atomic E-state index is 13.0. The Morgan fingerprint density at radius 3 is 2.47 bits per heavy atom. The maximum absolute atomic E-state index is 13.0. The third-order valence-electron chi connectivity index (χ3n) is 4.99. The zero-order chi connectivity index (χ0) is 21.1. The first-order chi connectivity index (χ1) is 14.6. The minimum absolute atomic E-state index is 0.00614. The molecule has 7 heteroatoms. The van der Waals surface area contributed by atoms with Gasteiger partial charge in [-0.2, -0.15) is 0 Å². The van der Waals surface area contributed by atoms with Crippen LogP contribution in [0.5, 0.6) is 5.75 Å². The summed E-state index contributed by atoms with van der Waals surface area (Å²) in [5, 5.41) is 11.0. The van der Waals surface area contributed by atoms with Gasteiger partial charge in [0.25, 0.3) is 11.7 Å². The van der Waals surface area contributed by atoms with E-state index in [0.717, 1.165) is 0 Å². The van der Waals surface area contributed by atoms with Crippen LogP contribution >= 0.6 is 0 Å². The van der Waals surface area contributed by atoms with E-state index in [1.54, 1.807) is 54.7 Å². The SMILES string of the molecule is COc1ccccc1C1/C(=C(/O)c2ccncc2)C(=O)C(=O)N1Cc1ccccn1. The van der Waals surface area contributed by atoms with E-state index in [1.165, 1.54) is 24.4 Å². The highest BCUT2D eigenvalue weighted by atomic mass is 16.5. The average molecular weight is 401 g/mol. The van der Waals surface area contributed by atoms with Crippen LogP contribution < -0.4 is 4.74 Å². The molecule has 1 saturated heterocycles. The van der Waals surface area contributed by atoms with Gasteiger partial charge in [-0.1, -0.05) is 24.3 Å². The Morgan fingerprint density at radius 1 is 1.03 bits per heavy atom. The van der Waals surface area contributed by atoms with Gasteiger partial charge in [-0.15, -0.1) is 0 Å². The topological polar surface area (TPSA) is 92.6 Å². The lowest BCUT2D eigenvalue weighted by Gasteiger charge is -2.26. The summed E-state index contributed by atoms with van der Waals surface area (Å²) in [7, 11) is 1.52. The lowest BCUT2D eigenvalue weighted by Crippen LogP contribution is -2.29. The van der Waals surface area contributed by atoms with Crippen molar-refractivity contribution in [2.45, 2.75) is 12.6 Å². The van der Waals surface area contributed by atoms with E-state index in [-0.39, 0.29) is 17.9 Å². The van der Waals surface area contributed by atoms with Crippen molar-refractivity contribution in [1.29, 1.82) is 0 Å². The highest BCUT2D eigenvalue weighted by Crippen LogP contribution is 2.43. The number of nitrogens with zero attached hydrogens (tertiary/aromatic N) is 3. The second-order valence-corrected chi connectivity index (χ2v) is 6.73. The summed E-state index contributed by atoms with van der Waals surface area (Å²) >= 11 is 0. The third kappa shape index (κ3) is 3.41. The van der Waals surface area contributed by atoms with E-state index in [2.05, 4.69) is 9.97 Å². The van der Waals surface area contributed by atoms with Crippen LogP contribution in [0, 0.1) is 0 Å². The normalized spacial score (nSPS) is 17.9. The molecule has 30 heavy (non-hydrogen) atoms. The largest absolute Gasteiger partial charge is 0.507 e.